The minimum absolute atomic E-state index is 0.0537. The number of furan rings is 1. The van der Waals surface area contributed by atoms with Gasteiger partial charge in [0.2, 0.25) is 5.91 Å². The molecule has 1 aliphatic heterocycles. The molecular weight excluding hydrogens is 302 g/mol. The molecule has 1 atom stereocenters. The highest BCUT2D eigenvalue weighted by Crippen LogP contribution is 2.38. The number of carbonyl (C=O) groups is 1. The van der Waals surface area contributed by atoms with Gasteiger partial charge in [-0.25, -0.2) is 0 Å². The fourth-order valence-electron chi connectivity index (χ4n) is 2.30. The first-order valence-corrected chi connectivity index (χ1v) is 8.04. The zero-order valence-electron chi connectivity index (χ0n) is 12.2. The standard InChI is InChI=1S/C16H17NO4S/c1-19-12-4-6-13(7-5-12)20-10-8-17-15(18)11-22-16(17)14-3-2-9-21-14/h2-7,9,16H,8,10-11H2,1H3. The Labute approximate surface area is 133 Å². The SMILES string of the molecule is COc1ccc(OCCN2C(=O)CSC2c2ccco2)cc1. The maximum atomic E-state index is 12.0. The Hall–Kier alpha value is -2.08. The molecule has 22 heavy (non-hydrogen) atoms. The number of methoxy groups -OCH3 is 1. The first-order valence-electron chi connectivity index (χ1n) is 6.99. The molecule has 0 spiro atoms. The summed E-state index contributed by atoms with van der Waals surface area (Å²) < 4.78 is 16.2. The quantitative estimate of drug-likeness (QED) is 0.819. The molecule has 116 valence electrons. The van der Waals surface area contributed by atoms with Crippen molar-refractivity contribution in [3.8, 4) is 11.5 Å². The number of ether oxygens (including phenoxy) is 2. The van der Waals surface area contributed by atoms with Gasteiger partial charge in [0.1, 0.15) is 29.2 Å². The van der Waals surface area contributed by atoms with Gasteiger partial charge in [-0.1, -0.05) is 0 Å². The van der Waals surface area contributed by atoms with Crippen molar-refractivity contribution in [3.05, 3.63) is 48.4 Å². The van der Waals surface area contributed by atoms with Gasteiger partial charge in [-0.2, -0.15) is 0 Å². The first kappa shape index (κ1) is 14.8. The third-order valence-corrected chi connectivity index (χ3v) is 4.63. The molecule has 1 aromatic heterocycles. The normalized spacial score (nSPS) is 17.8. The third-order valence-electron chi connectivity index (χ3n) is 3.42. The molecule has 1 aliphatic rings. The molecule has 2 aromatic rings. The predicted molar refractivity (Wildman–Crippen MR) is 84.1 cm³/mol. The Morgan fingerprint density at radius 2 is 2.05 bits per heavy atom. The van der Waals surface area contributed by atoms with Crippen molar-refractivity contribution in [2.75, 3.05) is 26.0 Å². The van der Waals surface area contributed by atoms with Gasteiger partial charge in [-0.15, -0.1) is 11.8 Å². The molecule has 0 bridgehead atoms. The van der Waals surface area contributed by atoms with Crippen molar-refractivity contribution in [2.45, 2.75) is 5.37 Å². The van der Waals surface area contributed by atoms with E-state index in [1.54, 1.807) is 30.0 Å². The number of hydrogen-bond acceptors (Lipinski definition) is 5. The summed E-state index contributed by atoms with van der Waals surface area (Å²) in [4.78, 5) is 13.8. The van der Waals surface area contributed by atoms with Crippen LogP contribution in [0.15, 0.2) is 47.1 Å². The van der Waals surface area contributed by atoms with Gasteiger partial charge in [0.25, 0.3) is 0 Å². The lowest BCUT2D eigenvalue weighted by Crippen LogP contribution is -2.32. The summed E-state index contributed by atoms with van der Waals surface area (Å²) in [7, 11) is 1.63. The summed E-state index contributed by atoms with van der Waals surface area (Å²) in [6.45, 7) is 0.971. The van der Waals surface area contributed by atoms with Crippen molar-refractivity contribution in [1.82, 2.24) is 4.90 Å². The molecule has 6 heteroatoms. The van der Waals surface area contributed by atoms with Crippen LogP contribution in [0, 0.1) is 0 Å². The molecular formula is C16H17NO4S. The zero-order valence-corrected chi connectivity index (χ0v) is 13.0. The largest absolute Gasteiger partial charge is 0.497 e. The number of thioether (sulfide) groups is 1. The van der Waals surface area contributed by atoms with E-state index in [9.17, 15) is 4.79 Å². The summed E-state index contributed by atoms with van der Waals surface area (Å²) in [5, 5.41) is -0.0537. The van der Waals surface area contributed by atoms with E-state index in [0.29, 0.717) is 18.9 Å². The number of hydrogen-bond donors (Lipinski definition) is 0. The van der Waals surface area contributed by atoms with Crippen LogP contribution in [-0.2, 0) is 4.79 Å². The van der Waals surface area contributed by atoms with Crippen LogP contribution < -0.4 is 9.47 Å². The lowest BCUT2D eigenvalue weighted by atomic mass is 10.3. The van der Waals surface area contributed by atoms with Crippen LogP contribution >= 0.6 is 11.8 Å². The van der Waals surface area contributed by atoms with Crippen LogP contribution in [-0.4, -0.2) is 36.8 Å². The van der Waals surface area contributed by atoms with Crippen LogP contribution in [0.1, 0.15) is 11.1 Å². The van der Waals surface area contributed by atoms with Gasteiger partial charge in [-0.3, -0.25) is 4.79 Å². The van der Waals surface area contributed by atoms with Gasteiger partial charge in [0.05, 0.1) is 25.7 Å². The smallest absolute Gasteiger partial charge is 0.234 e. The molecule has 2 heterocycles. The average molecular weight is 319 g/mol. The highest BCUT2D eigenvalue weighted by Gasteiger charge is 2.34. The number of rotatable bonds is 6. The van der Waals surface area contributed by atoms with Crippen LogP contribution in [0.3, 0.4) is 0 Å². The second-order valence-corrected chi connectivity index (χ2v) is 5.86. The van der Waals surface area contributed by atoms with Gasteiger partial charge in [0, 0.05) is 0 Å². The molecule has 1 saturated heterocycles. The molecule has 3 rings (SSSR count). The number of benzene rings is 1. The molecule has 5 nitrogen and oxygen atoms in total. The molecule has 1 fully saturated rings. The highest BCUT2D eigenvalue weighted by molar-refractivity contribution is 8.00. The summed E-state index contributed by atoms with van der Waals surface area (Å²) in [6, 6.07) is 11.1. The number of amides is 1. The van der Waals surface area contributed by atoms with Crippen molar-refractivity contribution in [3.63, 3.8) is 0 Å². The van der Waals surface area contributed by atoms with E-state index in [0.717, 1.165) is 17.3 Å². The Morgan fingerprint density at radius 1 is 1.27 bits per heavy atom. The van der Waals surface area contributed by atoms with Crippen LogP contribution in [0.4, 0.5) is 0 Å². The van der Waals surface area contributed by atoms with E-state index >= 15 is 0 Å². The average Bonchev–Trinajstić information content (AvgIpc) is 3.18. The summed E-state index contributed by atoms with van der Waals surface area (Å²) in [6.07, 6.45) is 1.63. The lowest BCUT2D eigenvalue weighted by Gasteiger charge is -2.22. The molecule has 0 radical (unpaired) electrons. The predicted octanol–water partition coefficient (Wildman–Crippen LogP) is 2.94. The molecule has 0 N–H and O–H groups in total. The van der Waals surface area contributed by atoms with E-state index in [-0.39, 0.29) is 11.3 Å². The number of carbonyl (C=O) groups excluding carboxylic acids is 1. The van der Waals surface area contributed by atoms with Crippen LogP contribution in [0.2, 0.25) is 0 Å². The van der Waals surface area contributed by atoms with Crippen molar-refractivity contribution >= 4 is 17.7 Å². The maximum Gasteiger partial charge on any atom is 0.234 e. The minimum atomic E-state index is -0.0537. The van der Waals surface area contributed by atoms with Gasteiger partial charge < -0.3 is 18.8 Å². The minimum Gasteiger partial charge on any atom is -0.497 e. The van der Waals surface area contributed by atoms with E-state index in [1.165, 1.54) is 0 Å². The van der Waals surface area contributed by atoms with E-state index in [1.807, 2.05) is 36.4 Å². The Morgan fingerprint density at radius 3 is 2.73 bits per heavy atom. The topological polar surface area (TPSA) is 51.9 Å². The molecule has 0 saturated carbocycles. The zero-order chi connectivity index (χ0) is 15.4. The van der Waals surface area contributed by atoms with Gasteiger partial charge in [0.15, 0.2) is 0 Å². The van der Waals surface area contributed by atoms with Crippen molar-refractivity contribution in [1.29, 1.82) is 0 Å². The van der Waals surface area contributed by atoms with Gasteiger partial charge >= 0.3 is 0 Å². The van der Waals surface area contributed by atoms with Crippen LogP contribution in [0.25, 0.3) is 0 Å². The Balaban J connectivity index is 1.56. The first-order chi connectivity index (χ1) is 10.8. The van der Waals surface area contributed by atoms with E-state index in [4.69, 9.17) is 13.9 Å². The number of nitrogens with zero attached hydrogens (tertiary/aromatic N) is 1. The second-order valence-electron chi connectivity index (χ2n) is 4.79. The fraction of sp³-hybridized carbons (Fsp3) is 0.312. The second kappa shape index (κ2) is 6.79. The fourth-order valence-corrected chi connectivity index (χ4v) is 3.46. The van der Waals surface area contributed by atoms with Crippen molar-refractivity contribution < 1.29 is 18.7 Å². The Bertz CT molecular complexity index is 612. The maximum absolute atomic E-state index is 12.0. The van der Waals surface area contributed by atoms with Gasteiger partial charge in [-0.05, 0) is 36.4 Å². The summed E-state index contributed by atoms with van der Waals surface area (Å²) in [5.74, 6) is 2.95. The summed E-state index contributed by atoms with van der Waals surface area (Å²) >= 11 is 1.58. The van der Waals surface area contributed by atoms with Crippen LogP contribution in [0.5, 0.6) is 11.5 Å². The van der Waals surface area contributed by atoms with E-state index < -0.39 is 0 Å². The lowest BCUT2D eigenvalue weighted by molar-refractivity contribution is -0.128. The Kier molecular flexibility index (Phi) is 4.58. The molecule has 1 amide bonds. The molecule has 0 aliphatic carbocycles. The molecule has 1 aromatic carbocycles. The summed E-state index contributed by atoms with van der Waals surface area (Å²) in [5.41, 5.74) is 0. The third kappa shape index (κ3) is 3.22. The highest BCUT2D eigenvalue weighted by atomic mass is 32.2. The molecule has 1 unspecified atom stereocenters. The monoisotopic (exact) mass is 319 g/mol. The van der Waals surface area contributed by atoms with E-state index in [2.05, 4.69) is 0 Å². The van der Waals surface area contributed by atoms with Crippen molar-refractivity contribution in [2.24, 2.45) is 0 Å².